The van der Waals surface area contributed by atoms with Crippen LogP contribution >= 0.6 is 0 Å². The van der Waals surface area contributed by atoms with Gasteiger partial charge in [-0.15, -0.1) is 0 Å². The van der Waals surface area contributed by atoms with E-state index >= 15 is 0 Å². The van der Waals surface area contributed by atoms with Gasteiger partial charge in [0.05, 0.1) is 6.10 Å². The van der Waals surface area contributed by atoms with Gasteiger partial charge >= 0.3 is 0 Å². The van der Waals surface area contributed by atoms with Gasteiger partial charge in [-0.1, -0.05) is 24.3 Å². The topological polar surface area (TPSA) is 20.2 Å². The molecule has 0 heterocycles. The van der Waals surface area contributed by atoms with E-state index in [1.165, 1.54) is 0 Å². The molecule has 0 amide bonds. The fraction of sp³-hybridized carbons (Fsp3) is 0.667. The molecule has 0 unspecified atom stereocenters. The maximum atomic E-state index is 13.3. The summed E-state index contributed by atoms with van der Waals surface area (Å²) in [6.45, 7) is 0. The molecule has 0 saturated heterocycles. The number of allylic oxidation sites excluding steroid dienone is 4. The lowest BCUT2D eigenvalue weighted by molar-refractivity contribution is 0.0671. The van der Waals surface area contributed by atoms with Gasteiger partial charge < -0.3 is 5.11 Å². The van der Waals surface area contributed by atoms with E-state index in [9.17, 15) is 9.50 Å². The molecule has 1 N–H and O–H groups in total. The first-order valence-corrected chi connectivity index (χ1v) is 5.43. The van der Waals surface area contributed by atoms with Crippen molar-refractivity contribution >= 4 is 0 Å². The van der Waals surface area contributed by atoms with Crippen molar-refractivity contribution in [3.8, 4) is 0 Å². The summed E-state index contributed by atoms with van der Waals surface area (Å²) in [4.78, 5) is 0. The van der Waals surface area contributed by atoms with E-state index in [1.807, 2.05) is 12.2 Å². The number of alkyl halides is 1. The van der Waals surface area contributed by atoms with Gasteiger partial charge in [0.15, 0.2) is 0 Å². The maximum absolute atomic E-state index is 13.3. The van der Waals surface area contributed by atoms with Crippen LogP contribution in [0.1, 0.15) is 38.5 Å². The molecule has 0 bridgehead atoms. The molecule has 0 radical (unpaired) electrons. The number of aliphatic hydroxyl groups is 1. The lowest BCUT2D eigenvalue weighted by atomic mass is 10.0. The second-order valence-corrected chi connectivity index (χ2v) is 3.76. The molecule has 1 aliphatic rings. The highest BCUT2D eigenvalue weighted by atomic mass is 19.1. The van der Waals surface area contributed by atoms with E-state index in [2.05, 4.69) is 12.2 Å². The van der Waals surface area contributed by atoms with Gasteiger partial charge in [0.2, 0.25) is 0 Å². The Morgan fingerprint density at radius 1 is 0.857 bits per heavy atom. The van der Waals surface area contributed by atoms with Crippen LogP contribution in [0, 0.1) is 0 Å². The van der Waals surface area contributed by atoms with E-state index < -0.39 is 12.3 Å². The average molecular weight is 198 g/mol. The van der Waals surface area contributed by atoms with Crippen LogP contribution in [0.2, 0.25) is 0 Å². The first-order valence-electron chi connectivity index (χ1n) is 5.43. The van der Waals surface area contributed by atoms with E-state index in [1.54, 1.807) is 0 Å². The lowest BCUT2D eigenvalue weighted by Gasteiger charge is -2.14. The van der Waals surface area contributed by atoms with Gasteiger partial charge in [-0.3, -0.25) is 0 Å². The summed E-state index contributed by atoms with van der Waals surface area (Å²) in [5, 5.41) is 9.43. The third-order valence-electron chi connectivity index (χ3n) is 2.49. The van der Waals surface area contributed by atoms with Crippen molar-refractivity contribution in [3.63, 3.8) is 0 Å². The molecule has 1 nitrogen and oxygen atoms in total. The SMILES string of the molecule is O[C@H]1CC/C=C\CC/C=C/CC[C@H]1F. The fourth-order valence-electron chi connectivity index (χ4n) is 1.56. The Morgan fingerprint density at radius 3 is 2.00 bits per heavy atom. The van der Waals surface area contributed by atoms with E-state index in [-0.39, 0.29) is 0 Å². The number of hydrogen-bond donors (Lipinski definition) is 1. The molecule has 80 valence electrons. The van der Waals surface area contributed by atoms with Crippen LogP contribution in [0.15, 0.2) is 24.3 Å². The average Bonchev–Trinajstić information content (AvgIpc) is 2.18. The Balaban J connectivity index is 2.41. The van der Waals surface area contributed by atoms with Crippen molar-refractivity contribution in [2.24, 2.45) is 0 Å². The number of halogens is 1. The number of rotatable bonds is 0. The highest BCUT2D eigenvalue weighted by Gasteiger charge is 2.16. The van der Waals surface area contributed by atoms with E-state index in [0.717, 1.165) is 25.7 Å². The minimum Gasteiger partial charge on any atom is -0.390 e. The molecule has 0 aromatic rings. The lowest BCUT2D eigenvalue weighted by Crippen LogP contribution is -2.21. The van der Waals surface area contributed by atoms with Crippen molar-refractivity contribution < 1.29 is 9.50 Å². The Morgan fingerprint density at radius 2 is 1.36 bits per heavy atom. The molecule has 1 aliphatic carbocycles. The zero-order chi connectivity index (χ0) is 10.2. The Bertz CT molecular complexity index is 176. The largest absolute Gasteiger partial charge is 0.390 e. The first-order chi connectivity index (χ1) is 6.80. The molecule has 2 heteroatoms. The zero-order valence-corrected chi connectivity index (χ0v) is 8.53. The van der Waals surface area contributed by atoms with Crippen LogP contribution in [0.25, 0.3) is 0 Å². The molecule has 0 aromatic carbocycles. The first kappa shape index (κ1) is 11.4. The summed E-state index contributed by atoms with van der Waals surface area (Å²) in [7, 11) is 0. The van der Waals surface area contributed by atoms with Crippen molar-refractivity contribution in [2.75, 3.05) is 0 Å². The van der Waals surface area contributed by atoms with Crippen molar-refractivity contribution in [1.82, 2.24) is 0 Å². The van der Waals surface area contributed by atoms with Crippen molar-refractivity contribution in [3.05, 3.63) is 24.3 Å². The summed E-state index contributed by atoms with van der Waals surface area (Å²) < 4.78 is 13.3. The minimum atomic E-state index is -1.06. The summed E-state index contributed by atoms with van der Waals surface area (Å²) >= 11 is 0. The van der Waals surface area contributed by atoms with Crippen LogP contribution in [0.5, 0.6) is 0 Å². The smallest absolute Gasteiger partial charge is 0.126 e. The van der Waals surface area contributed by atoms with E-state index in [4.69, 9.17) is 0 Å². The molecule has 0 aliphatic heterocycles. The highest BCUT2D eigenvalue weighted by molar-refractivity contribution is 4.90. The number of aliphatic hydroxyl groups excluding tert-OH is 1. The van der Waals surface area contributed by atoms with Crippen LogP contribution in [-0.2, 0) is 0 Å². The summed E-state index contributed by atoms with van der Waals surface area (Å²) in [6, 6.07) is 0. The Kier molecular flexibility index (Phi) is 5.53. The van der Waals surface area contributed by atoms with Gasteiger partial charge in [0, 0.05) is 0 Å². The Labute approximate surface area is 85.3 Å². The van der Waals surface area contributed by atoms with Crippen LogP contribution in [0.3, 0.4) is 0 Å². The molecular formula is C12H19FO. The van der Waals surface area contributed by atoms with Gasteiger partial charge in [-0.2, -0.15) is 0 Å². The van der Waals surface area contributed by atoms with Crippen molar-refractivity contribution in [2.45, 2.75) is 50.8 Å². The quantitative estimate of drug-likeness (QED) is 0.593. The summed E-state index contributed by atoms with van der Waals surface area (Å²) in [6.07, 6.45) is 11.0. The van der Waals surface area contributed by atoms with Gasteiger partial charge in [0.1, 0.15) is 6.17 Å². The van der Waals surface area contributed by atoms with Crippen LogP contribution < -0.4 is 0 Å². The monoisotopic (exact) mass is 198 g/mol. The molecule has 14 heavy (non-hydrogen) atoms. The van der Waals surface area contributed by atoms with Crippen LogP contribution in [-0.4, -0.2) is 17.4 Å². The van der Waals surface area contributed by atoms with E-state index in [0.29, 0.717) is 12.8 Å². The molecule has 0 spiro atoms. The second kappa shape index (κ2) is 6.77. The minimum absolute atomic E-state index is 0.446. The highest BCUT2D eigenvalue weighted by Crippen LogP contribution is 2.14. The standard InChI is InChI=1S/C12H19FO/c13-11-9-7-5-3-1-2-4-6-8-10-12(11)14/h3-6,11-12,14H,1-2,7-10H2/b5-3+,6-4-/t11-,12+/m1/s1. The predicted molar refractivity (Wildman–Crippen MR) is 56.9 cm³/mol. The third-order valence-corrected chi connectivity index (χ3v) is 2.49. The molecule has 0 saturated carbocycles. The van der Waals surface area contributed by atoms with Gasteiger partial charge in [0.25, 0.3) is 0 Å². The normalized spacial score (nSPS) is 35.3. The fourth-order valence-corrected chi connectivity index (χ4v) is 1.56. The molecule has 1 rings (SSSR count). The number of hydrogen-bond acceptors (Lipinski definition) is 1. The molecular weight excluding hydrogens is 179 g/mol. The Hall–Kier alpha value is -0.630. The van der Waals surface area contributed by atoms with Crippen LogP contribution in [0.4, 0.5) is 4.39 Å². The second-order valence-electron chi connectivity index (χ2n) is 3.76. The molecule has 0 fully saturated rings. The van der Waals surface area contributed by atoms with Gasteiger partial charge in [-0.25, -0.2) is 4.39 Å². The van der Waals surface area contributed by atoms with Gasteiger partial charge in [-0.05, 0) is 38.5 Å². The van der Waals surface area contributed by atoms with Crippen molar-refractivity contribution in [1.29, 1.82) is 0 Å². The predicted octanol–water partition coefficient (Wildman–Crippen LogP) is 3.15. The molecule has 0 aromatic heterocycles. The molecule has 2 atom stereocenters. The summed E-state index contributed by atoms with van der Waals surface area (Å²) in [5.41, 5.74) is 0. The summed E-state index contributed by atoms with van der Waals surface area (Å²) in [5.74, 6) is 0. The maximum Gasteiger partial charge on any atom is 0.126 e. The zero-order valence-electron chi connectivity index (χ0n) is 8.53. The third kappa shape index (κ3) is 4.56.